The van der Waals surface area contributed by atoms with Crippen LogP contribution in [-0.2, 0) is 4.74 Å². The van der Waals surface area contributed by atoms with E-state index in [1.54, 1.807) is 7.11 Å². The minimum absolute atomic E-state index is 0.644. The van der Waals surface area contributed by atoms with Crippen LogP contribution in [0.4, 0.5) is 0 Å². The molecule has 0 amide bonds. The third-order valence-electron chi connectivity index (χ3n) is 3.08. The van der Waals surface area contributed by atoms with Gasteiger partial charge < -0.3 is 15.0 Å². The van der Waals surface area contributed by atoms with Gasteiger partial charge in [0.05, 0.1) is 0 Å². The molecule has 1 aliphatic heterocycles. The molecule has 90 valence electrons. The van der Waals surface area contributed by atoms with Crippen LogP contribution >= 0.6 is 0 Å². The van der Waals surface area contributed by atoms with E-state index >= 15 is 0 Å². The molecule has 0 radical (unpaired) electrons. The van der Waals surface area contributed by atoms with E-state index in [0.29, 0.717) is 12.0 Å². The minimum atomic E-state index is 0.644. The molecule has 3 nitrogen and oxygen atoms in total. The molecule has 0 aromatic carbocycles. The van der Waals surface area contributed by atoms with Gasteiger partial charge in [-0.1, -0.05) is 13.8 Å². The van der Waals surface area contributed by atoms with Gasteiger partial charge in [-0.3, -0.25) is 0 Å². The highest BCUT2D eigenvalue weighted by Gasteiger charge is 2.17. The van der Waals surface area contributed by atoms with Crippen molar-refractivity contribution in [2.75, 3.05) is 39.9 Å². The standard InChI is InChI=1S/C12H26N2O/c1-4-12-9-14(7-5-6-13-12)8-11(2)10-15-3/h11-13H,4-10H2,1-3H3. The smallest absolute Gasteiger partial charge is 0.0500 e. The molecule has 1 fully saturated rings. The molecule has 1 N–H and O–H groups in total. The van der Waals surface area contributed by atoms with E-state index in [1.807, 2.05) is 0 Å². The summed E-state index contributed by atoms with van der Waals surface area (Å²) in [6, 6.07) is 0.683. The lowest BCUT2D eigenvalue weighted by atomic mass is 10.1. The fraction of sp³-hybridized carbons (Fsp3) is 1.00. The number of nitrogens with one attached hydrogen (secondary N) is 1. The predicted molar refractivity (Wildman–Crippen MR) is 64.2 cm³/mol. The van der Waals surface area contributed by atoms with Gasteiger partial charge in [0.1, 0.15) is 0 Å². The van der Waals surface area contributed by atoms with Gasteiger partial charge >= 0.3 is 0 Å². The Labute approximate surface area is 94.2 Å². The molecule has 15 heavy (non-hydrogen) atoms. The van der Waals surface area contributed by atoms with Gasteiger partial charge in [-0.15, -0.1) is 0 Å². The van der Waals surface area contributed by atoms with Crippen LogP contribution in [0, 0.1) is 5.92 Å². The molecule has 0 aromatic heterocycles. The summed E-state index contributed by atoms with van der Waals surface area (Å²) in [6.07, 6.45) is 2.51. The Hall–Kier alpha value is -0.120. The van der Waals surface area contributed by atoms with Crippen LogP contribution in [-0.4, -0.2) is 50.8 Å². The number of hydrogen-bond acceptors (Lipinski definition) is 3. The van der Waals surface area contributed by atoms with E-state index in [9.17, 15) is 0 Å². The maximum absolute atomic E-state index is 5.19. The molecule has 1 heterocycles. The number of ether oxygens (including phenoxy) is 1. The first kappa shape index (κ1) is 12.9. The summed E-state index contributed by atoms with van der Waals surface area (Å²) in [7, 11) is 1.79. The molecule has 1 rings (SSSR count). The predicted octanol–water partition coefficient (Wildman–Crippen LogP) is 1.34. The van der Waals surface area contributed by atoms with Crippen molar-refractivity contribution < 1.29 is 4.74 Å². The van der Waals surface area contributed by atoms with Crippen LogP contribution in [0.2, 0.25) is 0 Å². The fourth-order valence-corrected chi connectivity index (χ4v) is 2.29. The molecule has 3 heteroatoms. The molecule has 2 unspecified atom stereocenters. The largest absolute Gasteiger partial charge is 0.384 e. The van der Waals surface area contributed by atoms with Crippen molar-refractivity contribution in [3.63, 3.8) is 0 Å². The summed E-state index contributed by atoms with van der Waals surface area (Å²) in [5.41, 5.74) is 0. The lowest BCUT2D eigenvalue weighted by Gasteiger charge is -2.26. The van der Waals surface area contributed by atoms with Crippen LogP contribution in [0.25, 0.3) is 0 Å². The molecular weight excluding hydrogens is 188 g/mol. The Balaban J connectivity index is 2.31. The van der Waals surface area contributed by atoms with Gasteiger partial charge in [-0.2, -0.15) is 0 Å². The van der Waals surface area contributed by atoms with Crippen LogP contribution < -0.4 is 5.32 Å². The van der Waals surface area contributed by atoms with Crippen molar-refractivity contribution in [2.24, 2.45) is 5.92 Å². The highest BCUT2D eigenvalue weighted by molar-refractivity contribution is 4.76. The highest BCUT2D eigenvalue weighted by atomic mass is 16.5. The normalized spacial score (nSPS) is 26.2. The maximum atomic E-state index is 5.19. The van der Waals surface area contributed by atoms with E-state index in [2.05, 4.69) is 24.1 Å². The Kier molecular flexibility index (Phi) is 6.22. The molecule has 1 aliphatic rings. The zero-order chi connectivity index (χ0) is 11.1. The minimum Gasteiger partial charge on any atom is -0.384 e. The third-order valence-corrected chi connectivity index (χ3v) is 3.08. The van der Waals surface area contributed by atoms with Crippen LogP contribution in [0.3, 0.4) is 0 Å². The van der Waals surface area contributed by atoms with Crippen molar-refractivity contribution in [3.8, 4) is 0 Å². The summed E-state index contributed by atoms with van der Waals surface area (Å²) < 4.78 is 5.19. The van der Waals surface area contributed by atoms with E-state index in [4.69, 9.17) is 4.74 Å². The van der Waals surface area contributed by atoms with E-state index in [0.717, 1.165) is 6.61 Å². The van der Waals surface area contributed by atoms with E-state index in [-0.39, 0.29) is 0 Å². The highest BCUT2D eigenvalue weighted by Crippen LogP contribution is 2.07. The first-order valence-electron chi connectivity index (χ1n) is 6.21. The zero-order valence-corrected chi connectivity index (χ0v) is 10.5. The average molecular weight is 214 g/mol. The molecule has 2 atom stereocenters. The fourth-order valence-electron chi connectivity index (χ4n) is 2.29. The third kappa shape index (κ3) is 4.96. The molecule has 0 saturated carbocycles. The zero-order valence-electron chi connectivity index (χ0n) is 10.5. The lowest BCUT2D eigenvalue weighted by Crippen LogP contribution is -2.39. The molecule has 0 spiro atoms. The number of rotatable bonds is 5. The maximum Gasteiger partial charge on any atom is 0.0500 e. The van der Waals surface area contributed by atoms with Crippen LogP contribution in [0.1, 0.15) is 26.7 Å². The second-order valence-electron chi connectivity index (χ2n) is 4.73. The molecule has 0 aromatic rings. The van der Waals surface area contributed by atoms with Gasteiger partial charge in [0.25, 0.3) is 0 Å². The number of nitrogens with zero attached hydrogens (tertiary/aromatic N) is 1. The monoisotopic (exact) mass is 214 g/mol. The molecule has 0 bridgehead atoms. The summed E-state index contributed by atoms with van der Waals surface area (Å²) in [5.74, 6) is 0.644. The second kappa shape index (κ2) is 7.20. The SMILES string of the molecule is CCC1CN(CC(C)COC)CCCN1. The molecular formula is C12H26N2O. The Morgan fingerprint density at radius 1 is 1.53 bits per heavy atom. The average Bonchev–Trinajstić information content (AvgIpc) is 2.43. The summed E-state index contributed by atoms with van der Waals surface area (Å²) >= 11 is 0. The van der Waals surface area contributed by atoms with Gasteiger partial charge in [0, 0.05) is 32.8 Å². The summed E-state index contributed by atoms with van der Waals surface area (Å²) in [5, 5.41) is 3.59. The summed E-state index contributed by atoms with van der Waals surface area (Å²) in [4.78, 5) is 2.58. The van der Waals surface area contributed by atoms with Gasteiger partial charge in [0.15, 0.2) is 0 Å². The molecule has 1 saturated heterocycles. The number of hydrogen-bond donors (Lipinski definition) is 1. The lowest BCUT2D eigenvalue weighted by molar-refractivity contribution is 0.128. The van der Waals surface area contributed by atoms with Crippen molar-refractivity contribution >= 4 is 0 Å². The van der Waals surface area contributed by atoms with Crippen molar-refractivity contribution in [3.05, 3.63) is 0 Å². The Bertz CT molecular complexity index is 164. The quantitative estimate of drug-likeness (QED) is 0.747. The van der Waals surface area contributed by atoms with Crippen molar-refractivity contribution in [1.82, 2.24) is 10.2 Å². The van der Waals surface area contributed by atoms with Crippen LogP contribution in [0.5, 0.6) is 0 Å². The Morgan fingerprint density at radius 3 is 3.00 bits per heavy atom. The van der Waals surface area contributed by atoms with Crippen molar-refractivity contribution in [1.29, 1.82) is 0 Å². The molecule has 0 aliphatic carbocycles. The summed E-state index contributed by atoms with van der Waals surface area (Å²) in [6.45, 7) is 10.2. The van der Waals surface area contributed by atoms with E-state index < -0.39 is 0 Å². The van der Waals surface area contributed by atoms with E-state index in [1.165, 1.54) is 39.0 Å². The second-order valence-corrected chi connectivity index (χ2v) is 4.73. The van der Waals surface area contributed by atoms with Gasteiger partial charge in [0.2, 0.25) is 0 Å². The van der Waals surface area contributed by atoms with Crippen LogP contribution in [0.15, 0.2) is 0 Å². The first-order chi connectivity index (χ1) is 7.26. The first-order valence-corrected chi connectivity index (χ1v) is 6.21. The topological polar surface area (TPSA) is 24.5 Å². The van der Waals surface area contributed by atoms with Crippen molar-refractivity contribution in [2.45, 2.75) is 32.7 Å². The Morgan fingerprint density at radius 2 is 2.33 bits per heavy atom. The van der Waals surface area contributed by atoms with Gasteiger partial charge in [-0.05, 0) is 31.8 Å². The number of methoxy groups -OCH3 is 1. The van der Waals surface area contributed by atoms with Gasteiger partial charge in [-0.25, -0.2) is 0 Å².